The number of carbonyl (C=O) groups excluding carboxylic acids is 1. The van der Waals surface area contributed by atoms with Crippen LogP contribution in [0.2, 0.25) is 0 Å². The molecule has 0 N–H and O–H groups in total. The van der Waals surface area contributed by atoms with Crippen LogP contribution < -0.4 is 0 Å². The molecule has 2 nitrogen and oxygen atoms in total. The number of hydrogen-bond donors (Lipinski definition) is 1. The summed E-state index contributed by atoms with van der Waals surface area (Å²) in [4.78, 5) is 13.9. The van der Waals surface area contributed by atoms with E-state index in [0.717, 1.165) is 25.3 Å². The number of hydrogen-bond acceptors (Lipinski definition) is 2. The molecule has 2 atom stereocenters. The molecule has 0 spiro atoms. The van der Waals surface area contributed by atoms with Gasteiger partial charge in [-0.3, -0.25) is 4.79 Å². The fourth-order valence-electron chi connectivity index (χ4n) is 2.59. The third kappa shape index (κ3) is 4.00. The van der Waals surface area contributed by atoms with Gasteiger partial charge in [0.25, 0.3) is 0 Å². The van der Waals surface area contributed by atoms with Crippen LogP contribution in [0.15, 0.2) is 0 Å². The third-order valence-corrected chi connectivity index (χ3v) is 3.94. The van der Waals surface area contributed by atoms with Crippen LogP contribution in [0.4, 0.5) is 0 Å². The van der Waals surface area contributed by atoms with E-state index in [1.54, 1.807) is 0 Å². The Labute approximate surface area is 105 Å². The highest BCUT2D eigenvalue weighted by molar-refractivity contribution is 7.80. The highest BCUT2D eigenvalue weighted by Gasteiger charge is 2.29. The van der Waals surface area contributed by atoms with Crippen LogP contribution in [-0.4, -0.2) is 29.6 Å². The summed E-state index contributed by atoms with van der Waals surface area (Å²) in [5.41, 5.74) is 0. The molecule has 0 aromatic heterocycles. The van der Waals surface area contributed by atoms with Gasteiger partial charge in [-0.15, -0.1) is 0 Å². The van der Waals surface area contributed by atoms with E-state index < -0.39 is 0 Å². The van der Waals surface area contributed by atoms with Gasteiger partial charge in [0.1, 0.15) is 0 Å². The summed E-state index contributed by atoms with van der Waals surface area (Å²) in [5, 5.41) is 0. The third-order valence-electron chi connectivity index (χ3n) is 3.43. The van der Waals surface area contributed by atoms with Crippen LogP contribution >= 0.6 is 12.6 Å². The number of carbonyl (C=O) groups is 1. The van der Waals surface area contributed by atoms with Crippen molar-refractivity contribution in [3.63, 3.8) is 0 Å². The molecule has 1 amide bonds. The summed E-state index contributed by atoms with van der Waals surface area (Å²) in [6, 6.07) is 0. The molecule has 2 unspecified atom stereocenters. The normalized spacial score (nSPS) is 22.8. The van der Waals surface area contributed by atoms with Gasteiger partial charge < -0.3 is 4.90 Å². The molecular formula is C13H25NOS. The Morgan fingerprint density at radius 2 is 2.19 bits per heavy atom. The van der Waals surface area contributed by atoms with Crippen LogP contribution in [0.5, 0.6) is 0 Å². The van der Waals surface area contributed by atoms with Crippen molar-refractivity contribution in [3.05, 3.63) is 0 Å². The molecule has 1 aliphatic rings. The molecule has 0 saturated carbocycles. The van der Waals surface area contributed by atoms with E-state index in [9.17, 15) is 4.79 Å². The summed E-state index contributed by atoms with van der Waals surface area (Å²) < 4.78 is 0. The van der Waals surface area contributed by atoms with Crippen molar-refractivity contribution in [3.8, 4) is 0 Å². The van der Waals surface area contributed by atoms with E-state index in [0.29, 0.717) is 17.7 Å². The minimum atomic E-state index is 0.362. The molecule has 1 saturated heterocycles. The number of nitrogens with zero attached hydrogens (tertiary/aromatic N) is 1. The van der Waals surface area contributed by atoms with Gasteiger partial charge in [-0.25, -0.2) is 0 Å². The van der Waals surface area contributed by atoms with E-state index in [2.05, 4.69) is 31.4 Å². The monoisotopic (exact) mass is 243 g/mol. The van der Waals surface area contributed by atoms with Crippen molar-refractivity contribution >= 4 is 18.5 Å². The highest BCUT2D eigenvalue weighted by atomic mass is 32.1. The summed E-state index contributed by atoms with van der Waals surface area (Å²) in [6.45, 7) is 6.31. The Bertz CT molecular complexity index is 220. The topological polar surface area (TPSA) is 20.3 Å². The van der Waals surface area contributed by atoms with E-state index in [1.807, 2.05) is 0 Å². The first-order valence-corrected chi connectivity index (χ1v) is 7.23. The van der Waals surface area contributed by atoms with Gasteiger partial charge >= 0.3 is 0 Å². The van der Waals surface area contributed by atoms with Gasteiger partial charge in [-0.2, -0.15) is 12.6 Å². The maximum atomic E-state index is 11.8. The number of rotatable bonds is 7. The lowest BCUT2D eigenvalue weighted by molar-refractivity contribution is -0.128. The van der Waals surface area contributed by atoms with Crippen LogP contribution in [0, 0.1) is 11.8 Å². The molecule has 0 aromatic carbocycles. The molecule has 1 rings (SSSR count). The smallest absolute Gasteiger partial charge is 0.222 e. The second-order valence-corrected chi connectivity index (χ2v) is 5.36. The fourth-order valence-corrected chi connectivity index (χ4v) is 2.89. The molecule has 0 aromatic rings. The predicted octanol–water partition coefficient (Wildman–Crippen LogP) is 2.98. The van der Waals surface area contributed by atoms with Crippen molar-refractivity contribution in [2.75, 3.05) is 18.8 Å². The summed E-state index contributed by atoms with van der Waals surface area (Å²) >= 11 is 4.38. The minimum absolute atomic E-state index is 0.362. The molecule has 3 heteroatoms. The second kappa shape index (κ2) is 7.21. The molecule has 1 aliphatic heterocycles. The summed E-state index contributed by atoms with van der Waals surface area (Å²) in [6.07, 6.45) is 5.54. The van der Waals surface area contributed by atoms with Crippen molar-refractivity contribution in [1.82, 2.24) is 4.90 Å². The first-order valence-electron chi connectivity index (χ1n) is 6.59. The number of likely N-dealkylation sites (tertiary alicyclic amines) is 1. The molecule has 0 bridgehead atoms. The molecular weight excluding hydrogens is 218 g/mol. The molecule has 1 heterocycles. The van der Waals surface area contributed by atoms with Crippen molar-refractivity contribution in [1.29, 1.82) is 0 Å². The van der Waals surface area contributed by atoms with Crippen LogP contribution in [0.1, 0.15) is 46.0 Å². The van der Waals surface area contributed by atoms with Crippen molar-refractivity contribution < 1.29 is 4.79 Å². The summed E-state index contributed by atoms with van der Waals surface area (Å²) in [5.74, 6) is 2.45. The number of thiol groups is 1. The maximum Gasteiger partial charge on any atom is 0.222 e. The minimum Gasteiger partial charge on any atom is -0.342 e. The zero-order valence-electron chi connectivity index (χ0n) is 10.6. The second-order valence-electron chi connectivity index (χ2n) is 4.99. The Balaban J connectivity index is 2.39. The van der Waals surface area contributed by atoms with E-state index in [-0.39, 0.29) is 0 Å². The zero-order chi connectivity index (χ0) is 12.0. The van der Waals surface area contributed by atoms with Gasteiger partial charge in [0.05, 0.1) is 0 Å². The molecule has 94 valence electrons. The van der Waals surface area contributed by atoms with Crippen molar-refractivity contribution in [2.45, 2.75) is 46.0 Å². The highest BCUT2D eigenvalue weighted by Crippen LogP contribution is 2.24. The lowest BCUT2D eigenvalue weighted by Crippen LogP contribution is -2.31. The van der Waals surface area contributed by atoms with Gasteiger partial charge in [0, 0.05) is 19.5 Å². The van der Waals surface area contributed by atoms with E-state index >= 15 is 0 Å². The fraction of sp³-hybridized carbons (Fsp3) is 0.923. The Hall–Kier alpha value is -0.180. The van der Waals surface area contributed by atoms with Crippen LogP contribution in [-0.2, 0) is 4.79 Å². The predicted molar refractivity (Wildman–Crippen MR) is 71.8 cm³/mol. The SMILES string of the molecule is CCCC(CS)CN1CC(CCC)CC1=O. The van der Waals surface area contributed by atoms with Gasteiger partial charge in [-0.1, -0.05) is 26.7 Å². The molecule has 0 radical (unpaired) electrons. The van der Waals surface area contributed by atoms with Crippen molar-refractivity contribution in [2.24, 2.45) is 11.8 Å². The largest absolute Gasteiger partial charge is 0.342 e. The quantitative estimate of drug-likeness (QED) is 0.682. The lowest BCUT2D eigenvalue weighted by atomic mass is 10.0. The lowest BCUT2D eigenvalue weighted by Gasteiger charge is -2.22. The number of amides is 1. The van der Waals surface area contributed by atoms with Gasteiger partial charge in [0.2, 0.25) is 5.91 Å². The van der Waals surface area contributed by atoms with Crippen LogP contribution in [0.25, 0.3) is 0 Å². The standard InChI is InChI=1S/C13H25NOS/c1-3-5-11-7-13(15)14(8-11)9-12(10-16)6-4-2/h11-12,16H,3-10H2,1-2H3. The average molecular weight is 243 g/mol. The maximum absolute atomic E-state index is 11.8. The zero-order valence-corrected chi connectivity index (χ0v) is 11.5. The first-order chi connectivity index (χ1) is 7.71. The first kappa shape index (κ1) is 13.9. The average Bonchev–Trinajstić information content (AvgIpc) is 2.59. The van der Waals surface area contributed by atoms with E-state index in [4.69, 9.17) is 0 Å². The molecule has 16 heavy (non-hydrogen) atoms. The van der Waals surface area contributed by atoms with Gasteiger partial charge in [0.15, 0.2) is 0 Å². The molecule has 0 aliphatic carbocycles. The van der Waals surface area contributed by atoms with Crippen LogP contribution in [0.3, 0.4) is 0 Å². The summed E-state index contributed by atoms with van der Waals surface area (Å²) in [7, 11) is 0. The Morgan fingerprint density at radius 3 is 2.75 bits per heavy atom. The van der Waals surface area contributed by atoms with E-state index in [1.165, 1.54) is 25.7 Å². The van der Waals surface area contributed by atoms with Gasteiger partial charge in [-0.05, 0) is 30.4 Å². The Morgan fingerprint density at radius 1 is 1.44 bits per heavy atom. The molecule has 1 fully saturated rings. The Kier molecular flexibility index (Phi) is 6.25.